The molecule has 0 unspecified atom stereocenters. The van der Waals surface area contributed by atoms with Crippen LogP contribution in [0.5, 0.6) is 0 Å². The van der Waals surface area contributed by atoms with Crippen LogP contribution < -0.4 is 5.73 Å². The predicted octanol–water partition coefficient (Wildman–Crippen LogP) is 4.05. The van der Waals surface area contributed by atoms with E-state index in [1.54, 1.807) is 6.33 Å². The second kappa shape index (κ2) is 6.05. The molecule has 4 aromatic rings. The molecule has 0 fully saturated rings. The molecule has 0 aliphatic rings. The zero-order valence-electron chi connectivity index (χ0n) is 13.3. The average Bonchev–Trinajstić information content (AvgIpc) is 3.21. The zero-order valence-corrected chi connectivity index (χ0v) is 14.1. The Hall–Kier alpha value is -2.73. The molecule has 4 rings (SSSR count). The van der Waals surface area contributed by atoms with E-state index in [-0.39, 0.29) is 0 Å². The maximum atomic E-state index is 5.96. The predicted molar refractivity (Wildman–Crippen MR) is 97.9 cm³/mol. The number of pyridine rings is 1. The summed E-state index contributed by atoms with van der Waals surface area (Å²) in [5, 5.41) is 8.94. The Kier molecular flexibility index (Phi) is 3.74. The lowest BCUT2D eigenvalue weighted by molar-refractivity contribution is 0.895. The summed E-state index contributed by atoms with van der Waals surface area (Å²) in [6.07, 6.45) is 5.74. The minimum atomic E-state index is 0.610. The first-order chi connectivity index (χ1) is 11.8. The number of nitrogen functional groups attached to an aromatic ring is 1. The molecule has 1 aromatic carbocycles. The van der Waals surface area contributed by atoms with Crippen molar-refractivity contribution < 1.29 is 0 Å². The van der Waals surface area contributed by atoms with E-state index in [0.29, 0.717) is 5.13 Å². The van der Waals surface area contributed by atoms with E-state index in [0.717, 1.165) is 45.8 Å². The van der Waals surface area contributed by atoms with Crippen LogP contribution in [0.15, 0.2) is 48.9 Å². The molecule has 0 aliphatic heterocycles. The number of nitrogens with zero attached hydrogens (tertiary/aromatic N) is 4. The van der Waals surface area contributed by atoms with Gasteiger partial charge in [0.15, 0.2) is 10.8 Å². The monoisotopic (exact) mass is 335 g/mol. The summed E-state index contributed by atoms with van der Waals surface area (Å²) >= 11 is 1.53. The lowest BCUT2D eigenvalue weighted by atomic mass is 10.0. The largest absolute Gasteiger partial charge is 0.375 e. The van der Waals surface area contributed by atoms with Gasteiger partial charge in [0, 0.05) is 17.3 Å². The quantitative estimate of drug-likeness (QED) is 0.611. The standard InChI is InChI=1S/C18H17N5S/c1-2-6-15-16(24-18(19)21-15)13-9-14(12-7-4-3-5-8-12)17-22-20-11-23(17)10-13/h3-5,7-11H,2,6H2,1H3,(H2,19,21). The van der Waals surface area contributed by atoms with Crippen molar-refractivity contribution >= 4 is 22.1 Å². The fourth-order valence-electron chi connectivity index (χ4n) is 2.89. The number of aromatic nitrogens is 4. The normalized spacial score (nSPS) is 11.2. The first-order valence-corrected chi connectivity index (χ1v) is 8.72. The van der Waals surface area contributed by atoms with Crippen LogP contribution in [0.3, 0.4) is 0 Å². The van der Waals surface area contributed by atoms with Gasteiger partial charge in [0.2, 0.25) is 0 Å². The maximum Gasteiger partial charge on any atom is 0.180 e. The van der Waals surface area contributed by atoms with Crippen LogP contribution in [0.1, 0.15) is 19.0 Å². The summed E-state index contributed by atoms with van der Waals surface area (Å²) in [6.45, 7) is 2.15. The van der Waals surface area contributed by atoms with Gasteiger partial charge in [0.1, 0.15) is 6.33 Å². The van der Waals surface area contributed by atoms with E-state index in [2.05, 4.69) is 40.3 Å². The van der Waals surface area contributed by atoms with E-state index >= 15 is 0 Å². The molecule has 5 nitrogen and oxygen atoms in total. The second-order valence-electron chi connectivity index (χ2n) is 5.65. The minimum absolute atomic E-state index is 0.610. The minimum Gasteiger partial charge on any atom is -0.375 e. The van der Waals surface area contributed by atoms with Crippen LogP contribution in [0.25, 0.3) is 27.2 Å². The van der Waals surface area contributed by atoms with Crippen molar-refractivity contribution in [1.29, 1.82) is 0 Å². The van der Waals surface area contributed by atoms with Crippen LogP contribution in [0.2, 0.25) is 0 Å². The summed E-state index contributed by atoms with van der Waals surface area (Å²) in [4.78, 5) is 5.63. The van der Waals surface area contributed by atoms with Gasteiger partial charge >= 0.3 is 0 Å². The second-order valence-corrected chi connectivity index (χ2v) is 6.68. The first kappa shape index (κ1) is 14.8. The highest BCUT2D eigenvalue weighted by Crippen LogP contribution is 2.35. The van der Waals surface area contributed by atoms with Crippen LogP contribution in [0, 0.1) is 0 Å². The number of aryl methyl sites for hydroxylation is 1. The third-order valence-electron chi connectivity index (χ3n) is 3.94. The number of fused-ring (bicyclic) bond motifs is 1. The summed E-state index contributed by atoms with van der Waals surface area (Å²) in [7, 11) is 0. The molecule has 6 heteroatoms. The SMILES string of the molecule is CCCc1nc(N)sc1-c1cc(-c2ccccc2)c2nncn2c1. The van der Waals surface area contributed by atoms with E-state index in [9.17, 15) is 0 Å². The Morgan fingerprint density at radius 1 is 1.17 bits per heavy atom. The number of rotatable bonds is 4. The number of hydrogen-bond donors (Lipinski definition) is 1. The number of nitrogens with two attached hydrogens (primary N) is 1. The summed E-state index contributed by atoms with van der Waals surface area (Å²) in [5.41, 5.74) is 11.1. The maximum absolute atomic E-state index is 5.96. The number of thiazole rings is 1. The third-order valence-corrected chi connectivity index (χ3v) is 4.92. The first-order valence-electron chi connectivity index (χ1n) is 7.90. The average molecular weight is 335 g/mol. The zero-order chi connectivity index (χ0) is 16.5. The van der Waals surface area contributed by atoms with Gasteiger partial charge in [-0.2, -0.15) is 0 Å². The smallest absolute Gasteiger partial charge is 0.180 e. The van der Waals surface area contributed by atoms with E-state index < -0.39 is 0 Å². The van der Waals surface area contributed by atoms with Gasteiger partial charge < -0.3 is 5.73 Å². The number of benzene rings is 1. The molecule has 0 saturated heterocycles. The Labute approximate surface area is 143 Å². The van der Waals surface area contributed by atoms with Crippen LogP contribution in [-0.2, 0) is 6.42 Å². The Bertz CT molecular complexity index is 987. The molecule has 0 aliphatic carbocycles. The van der Waals surface area contributed by atoms with Gasteiger partial charge in [0.25, 0.3) is 0 Å². The molecule has 120 valence electrons. The van der Waals surface area contributed by atoms with Crippen molar-refractivity contribution in [2.75, 3.05) is 5.73 Å². The molecule has 0 radical (unpaired) electrons. The van der Waals surface area contributed by atoms with Crippen molar-refractivity contribution in [1.82, 2.24) is 19.6 Å². The topological polar surface area (TPSA) is 69.1 Å². The Morgan fingerprint density at radius 2 is 2.00 bits per heavy atom. The van der Waals surface area contributed by atoms with Gasteiger partial charge in [-0.15, -0.1) is 10.2 Å². The van der Waals surface area contributed by atoms with Gasteiger partial charge in [0.05, 0.1) is 10.6 Å². The van der Waals surface area contributed by atoms with E-state index in [1.165, 1.54) is 11.3 Å². The fraction of sp³-hybridized carbons (Fsp3) is 0.167. The van der Waals surface area contributed by atoms with Crippen LogP contribution >= 0.6 is 11.3 Å². The number of anilines is 1. The van der Waals surface area contributed by atoms with Gasteiger partial charge in [-0.1, -0.05) is 55.0 Å². The summed E-state index contributed by atoms with van der Waals surface area (Å²) < 4.78 is 1.96. The highest BCUT2D eigenvalue weighted by Gasteiger charge is 2.15. The molecule has 24 heavy (non-hydrogen) atoms. The van der Waals surface area contributed by atoms with Crippen LogP contribution in [-0.4, -0.2) is 19.6 Å². The lowest BCUT2D eigenvalue weighted by Gasteiger charge is -2.08. The molecule has 3 heterocycles. The summed E-state index contributed by atoms with van der Waals surface area (Å²) in [5.74, 6) is 0. The molecule has 0 spiro atoms. The third kappa shape index (κ3) is 2.55. The molecule has 0 amide bonds. The van der Waals surface area contributed by atoms with Gasteiger partial charge in [-0.05, 0) is 18.1 Å². The fourth-order valence-corrected chi connectivity index (χ4v) is 3.75. The Balaban J connectivity index is 1.95. The molecule has 3 aromatic heterocycles. The van der Waals surface area contributed by atoms with E-state index in [4.69, 9.17) is 5.73 Å². The van der Waals surface area contributed by atoms with Gasteiger partial charge in [-0.3, -0.25) is 4.40 Å². The van der Waals surface area contributed by atoms with E-state index in [1.807, 2.05) is 28.8 Å². The van der Waals surface area contributed by atoms with Gasteiger partial charge in [-0.25, -0.2) is 4.98 Å². The van der Waals surface area contributed by atoms with Crippen molar-refractivity contribution in [2.24, 2.45) is 0 Å². The van der Waals surface area contributed by atoms with Crippen molar-refractivity contribution in [2.45, 2.75) is 19.8 Å². The molecule has 0 bridgehead atoms. The highest BCUT2D eigenvalue weighted by molar-refractivity contribution is 7.18. The van der Waals surface area contributed by atoms with Crippen LogP contribution in [0.4, 0.5) is 5.13 Å². The number of hydrogen-bond acceptors (Lipinski definition) is 5. The van der Waals surface area contributed by atoms with Crippen molar-refractivity contribution in [3.05, 3.63) is 54.6 Å². The molecule has 2 N–H and O–H groups in total. The lowest BCUT2D eigenvalue weighted by Crippen LogP contribution is -1.93. The molecule has 0 saturated carbocycles. The summed E-state index contributed by atoms with van der Waals surface area (Å²) in [6, 6.07) is 12.4. The molecular formula is C18H17N5S. The molecule has 0 atom stereocenters. The highest BCUT2D eigenvalue weighted by atomic mass is 32.1. The van der Waals surface area contributed by atoms with Crippen molar-refractivity contribution in [3.63, 3.8) is 0 Å². The van der Waals surface area contributed by atoms with Crippen molar-refractivity contribution in [3.8, 4) is 21.6 Å². The molecular weight excluding hydrogens is 318 g/mol. The Morgan fingerprint density at radius 3 is 2.79 bits per heavy atom.